The van der Waals surface area contributed by atoms with E-state index in [2.05, 4.69) is 21.5 Å². The first-order valence-corrected chi connectivity index (χ1v) is 6.81. The number of ether oxygens (including phenoxy) is 1. The van der Waals surface area contributed by atoms with E-state index in [1.807, 2.05) is 12.1 Å². The molecule has 2 rings (SSSR count). The number of benzene rings is 1. The molecule has 3 nitrogen and oxygen atoms in total. The first-order chi connectivity index (χ1) is 9.70. The van der Waals surface area contributed by atoms with Gasteiger partial charge in [0.25, 0.3) is 0 Å². The minimum Gasteiger partial charge on any atom is -0.435 e. The second-order valence-electron chi connectivity index (χ2n) is 4.78. The average molecular weight is 282 g/mol. The molecule has 20 heavy (non-hydrogen) atoms. The molecular weight excluding hydrogens is 262 g/mol. The number of hydrogen-bond donors (Lipinski definition) is 1. The van der Waals surface area contributed by atoms with Crippen molar-refractivity contribution in [3.8, 4) is 5.75 Å². The molecule has 1 aliphatic heterocycles. The lowest BCUT2D eigenvalue weighted by Crippen LogP contribution is -2.45. The van der Waals surface area contributed by atoms with E-state index in [0.29, 0.717) is 0 Å². The molecule has 1 heterocycles. The van der Waals surface area contributed by atoms with Gasteiger partial charge >= 0.3 is 6.61 Å². The molecule has 0 aromatic heterocycles. The summed E-state index contributed by atoms with van der Waals surface area (Å²) in [6, 6.07) is 7.12. The van der Waals surface area contributed by atoms with E-state index in [9.17, 15) is 8.78 Å². The summed E-state index contributed by atoms with van der Waals surface area (Å²) in [5, 5.41) is 3.31. The van der Waals surface area contributed by atoms with E-state index in [1.54, 1.807) is 18.2 Å². The molecule has 0 aliphatic carbocycles. The van der Waals surface area contributed by atoms with Crippen molar-refractivity contribution < 1.29 is 13.5 Å². The van der Waals surface area contributed by atoms with Crippen LogP contribution >= 0.6 is 0 Å². The van der Waals surface area contributed by atoms with Gasteiger partial charge < -0.3 is 10.1 Å². The third kappa shape index (κ3) is 4.02. The standard InChI is InChI=1S/C15H20F2N2O/c1-2-4-14(19-9-7-18-8-10-19)12-5-3-6-13(11-12)20-15(16)17/h2-3,5-6,11,14-15,18H,1,4,7-10H2/t14-/m0/s1. The van der Waals surface area contributed by atoms with Crippen LogP contribution in [-0.4, -0.2) is 37.7 Å². The lowest BCUT2D eigenvalue weighted by atomic mass is 10.0. The molecule has 1 saturated heterocycles. The number of halogens is 2. The molecule has 0 unspecified atom stereocenters. The van der Waals surface area contributed by atoms with Crippen LogP contribution in [0, 0.1) is 0 Å². The summed E-state index contributed by atoms with van der Waals surface area (Å²) < 4.78 is 29.1. The maximum atomic E-state index is 12.3. The molecule has 1 atom stereocenters. The molecule has 1 aliphatic rings. The number of rotatable bonds is 6. The predicted molar refractivity (Wildman–Crippen MR) is 75.1 cm³/mol. The third-order valence-electron chi connectivity index (χ3n) is 3.45. The van der Waals surface area contributed by atoms with E-state index in [0.717, 1.165) is 38.2 Å². The zero-order chi connectivity index (χ0) is 14.4. The van der Waals surface area contributed by atoms with Crippen molar-refractivity contribution in [3.05, 3.63) is 42.5 Å². The monoisotopic (exact) mass is 282 g/mol. The molecule has 0 spiro atoms. The van der Waals surface area contributed by atoms with Gasteiger partial charge in [0.15, 0.2) is 0 Å². The Morgan fingerprint density at radius 1 is 1.35 bits per heavy atom. The molecule has 0 radical (unpaired) electrons. The highest BCUT2D eigenvalue weighted by molar-refractivity contribution is 5.31. The lowest BCUT2D eigenvalue weighted by Gasteiger charge is -2.35. The number of piperazine rings is 1. The highest BCUT2D eigenvalue weighted by Crippen LogP contribution is 2.28. The number of alkyl halides is 2. The fraction of sp³-hybridized carbons (Fsp3) is 0.467. The number of hydrogen-bond acceptors (Lipinski definition) is 3. The largest absolute Gasteiger partial charge is 0.435 e. The van der Waals surface area contributed by atoms with E-state index in [4.69, 9.17) is 0 Å². The molecule has 110 valence electrons. The predicted octanol–water partition coefficient (Wildman–Crippen LogP) is 2.81. The third-order valence-corrected chi connectivity index (χ3v) is 3.45. The minimum atomic E-state index is -2.79. The van der Waals surface area contributed by atoms with Crippen LogP contribution in [-0.2, 0) is 0 Å². The normalized spacial score (nSPS) is 17.9. The van der Waals surface area contributed by atoms with Crippen molar-refractivity contribution in [1.29, 1.82) is 0 Å². The Morgan fingerprint density at radius 2 is 2.10 bits per heavy atom. The fourth-order valence-corrected chi connectivity index (χ4v) is 2.55. The van der Waals surface area contributed by atoms with Crippen LogP contribution < -0.4 is 10.1 Å². The van der Waals surface area contributed by atoms with Gasteiger partial charge in [-0.3, -0.25) is 4.90 Å². The van der Waals surface area contributed by atoms with Crippen molar-refractivity contribution in [2.24, 2.45) is 0 Å². The minimum absolute atomic E-state index is 0.163. The Balaban J connectivity index is 2.17. The molecule has 0 bridgehead atoms. The van der Waals surface area contributed by atoms with Gasteiger partial charge in [-0.05, 0) is 24.1 Å². The van der Waals surface area contributed by atoms with Gasteiger partial charge in [0.05, 0.1) is 0 Å². The second kappa shape index (κ2) is 7.36. The van der Waals surface area contributed by atoms with Gasteiger partial charge in [0.2, 0.25) is 0 Å². The van der Waals surface area contributed by atoms with E-state index in [-0.39, 0.29) is 11.8 Å². The molecule has 0 saturated carbocycles. The Morgan fingerprint density at radius 3 is 2.75 bits per heavy atom. The number of nitrogens with one attached hydrogen (secondary N) is 1. The van der Waals surface area contributed by atoms with Crippen molar-refractivity contribution >= 4 is 0 Å². The van der Waals surface area contributed by atoms with Crippen LogP contribution in [0.3, 0.4) is 0 Å². The van der Waals surface area contributed by atoms with Gasteiger partial charge in [-0.15, -0.1) is 6.58 Å². The van der Waals surface area contributed by atoms with Crippen LogP contribution in [0.5, 0.6) is 5.75 Å². The maximum Gasteiger partial charge on any atom is 0.387 e. The summed E-state index contributed by atoms with van der Waals surface area (Å²) >= 11 is 0. The van der Waals surface area contributed by atoms with Crippen molar-refractivity contribution in [1.82, 2.24) is 10.2 Å². The van der Waals surface area contributed by atoms with Gasteiger partial charge in [-0.1, -0.05) is 18.2 Å². The summed E-state index contributed by atoms with van der Waals surface area (Å²) in [4.78, 5) is 2.35. The SMILES string of the molecule is C=CC[C@@H](c1cccc(OC(F)F)c1)N1CCNCC1. The smallest absolute Gasteiger partial charge is 0.387 e. The molecule has 5 heteroatoms. The number of nitrogens with zero attached hydrogens (tertiary/aromatic N) is 1. The Kier molecular flexibility index (Phi) is 5.49. The molecule has 0 amide bonds. The van der Waals surface area contributed by atoms with Gasteiger partial charge in [0.1, 0.15) is 5.75 Å². The van der Waals surface area contributed by atoms with E-state index >= 15 is 0 Å². The van der Waals surface area contributed by atoms with Crippen LogP contribution in [0.4, 0.5) is 8.78 Å². The Hall–Kier alpha value is -1.46. The van der Waals surface area contributed by atoms with Gasteiger partial charge in [0, 0.05) is 32.2 Å². The Labute approximate surface area is 118 Å². The van der Waals surface area contributed by atoms with Crippen molar-refractivity contribution in [2.45, 2.75) is 19.1 Å². The van der Waals surface area contributed by atoms with Crippen LogP contribution in [0.25, 0.3) is 0 Å². The van der Waals surface area contributed by atoms with Crippen molar-refractivity contribution in [3.63, 3.8) is 0 Å². The van der Waals surface area contributed by atoms with Crippen LogP contribution in [0.15, 0.2) is 36.9 Å². The van der Waals surface area contributed by atoms with E-state index in [1.165, 1.54) is 0 Å². The first-order valence-electron chi connectivity index (χ1n) is 6.81. The molecule has 1 N–H and O–H groups in total. The van der Waals surface area contributed by atoms with E-state index < -0.39 is 6.61 Å². The summed E-state index contributed by atoms with van der Waals surface area (Å²) in [5.41, 5.74) is 0.991. The molecule has 1 aromatic carbocycles. The zero-order valence-electron chi connectivity index (χ0n) is 11.4. The summed E-state index contributed by atoms with van der Waals surface area (Å²) in [6.07, 6.45) is 2.66. The van der Waals surface area contributed by atoms with Gasteiger partial charge in [-0.2, -0.15) is 8.78 Å². The topological polar surface area (TPSA) is 24.5 Å². The van der Waals surface area contributed by atoms with Crippen LogP contribution in [0.1, 0.15) is 18.0 Å². The molecule has 1 aromatic rings. The highest BCUT2D eigenvalue weighted by Gasteiger charge is 2.21. The van der Waals surface area contributed by atoms with Gasteiger partial charge in [-0.25, -0.2) is 0 Å². The Bertz CT molecular complexity index is 434. The van der Waals surface area contributed by atoms with Crippen LogP contribution in [0.2, 0.25) is 0 Å². The van der Waals surface area contributed by atoms with Crippen molar-refractivity contribution in [2.75, 3.05) is 26.2 Å². The summed E-state index contributed by atoms with van der Waals surface area (Å²) in [6.45, 7) is 4.78. The highest BCUT2D eigenvalue weighted by atomic mass is 19.3. The first kappa shape index (κ1) is 14.9. The maximum absolute atomic E-state index is 12.3. The molecular formula is C15H20F2N2O. The second-order valence-corrected chi connectivity index (χ2v) is 4.78. The average Bonchev–Trinajstić information content (AvgIpc) is 2.45. The molecule has 1 fully saturated rings. The lowest BCUT2D eigenvalue weighted by molar-refractivity contribution is -0.0499. The quantitative estimate of drug-likeness (QED) is 0.812. The summed E-state index contributed by atoms with van der Waals surface area (Å²) in [7, 11) is 0. The zero-order valence-corrected chi connectivity index (χ0v) is 11.4. The fourth-order valence-electron chi connectivity index (χ4n) is 2.55. The summed E-state index contributed by atoms with van der Waals surface area (Å²) in [5.74, 6) is 0.210.